The van der Waals surface area contributed by atoms with Crippen molar-refractivity contribution in [2.75, 3.05) is 0 Å². The standard InChI is InChI=1S/C25H27NO2/c1-3-4-5-10-24-23(18(2)15-16-26-24)17-19-11-13-20(14-12-19)21-8-6-7-9-22(21)25(27)28/h6-9,11-16H,3-5,10,17H2,1-2H3,(H,27,28). The van der Waals surface area contributed by atoms with Crippen molar-refractivity contribution in [1.29, 1.82) is 0 Å². The van der Waals surface area contributed by atoms with Crippen LogP contribution in [0.2, 0.25) is 0 Å². The lowest BCUT2D eigenvalue weighted by Gasteiger charge is -2.13. The summed E-state index contributed by atoms with van der Waals surface area (Å²) in [6, 6.07) is 17.4. The van der Waals surface area contributed by atoms with E-state index in [1.807, 2.05) is 30.5 Å². The maximum absolute atomic E-state index is 11.5. The summed E-state index contributed by atoms with van der Waals surface area (Å²) in [4.78, 5) is 16.1. The van der Waals surface area contributed by atoms with Gasteiger partial charge in [-0.15, -0.1) is 0 Å². The van der Waals surface area contributed by atoms with Gasteiger partial charge in [-0.05, 0) is 66.1 Å². The van der Waals surface area contributed by atoms with Crippen molar-refractivity contribution in [3.05, 3.63) is 88.7 Å². The van der Waals surface area contributed by atoms with Crippen LogP contribution in [0.25, 0.3) is 11.1 Å². The number of pyridine rings is 1. The van der Waals surface area contributed by atoms with Crippen LogP contribution in [0.5, 0.6) is 0 Å². The van der Waals surface area contributed by atoms with Gasteiger partial charge >= 0.3 is 5.97 Å². The average Bonchev–Trinajstić information content (AvgIpc) is 2.71. The Kier molecular flexibility index (Phi) is 6.59. The van der Waals surface area contributed by atoms with Gasteiger partial charge < -0.3 is 5.11 Å². The van der Waals surface area contributed by atoms with Gasteiger partial charge in [0.25, 0.3) is 0 Å². The van der Waals surface area contributed by atoms with Gasteiger partial charge in [-0.25, -0.2) is 4.79 Å². The smallest absolute Gasteiger partial charge is 0.336 e. The third-order valence-electron chi connectivity index (χ3n) is 5.20. The molecule has 0 bridgehead atoms. The third kappa shape index (κ3) is 4.66. The number of aromatic carboxylic acids is 1. The van der Waals surface area contributed by atoms with Gasteiger partial charge in [-0.1, -0.05) is 62.2 Å². The number of hydrogen-bond donors (Lipinski definition) is 1. The van der Waals surface area contributed by atoms with E-state index in [2.05, 4.69) is 37.0 Å². The van der Waals surface area contributed by atoms with E-state index in [0.29, 0.717) is 5.56 Å². The second-order valence-corrected chi connectivity index (χ2v) is 7.23. The summed E-state index contributed by atoms with van der Waals surface area (Å²) < 4.78 is 0. The Morgan fingerprint density at radius 1 is 1.00 bits per heavy atom. The quantitative estimate of drug-likeness (QED) is 0.487. The number of carbonyl (C=O) groups is 1. The zero-order valence-electron chi connectivity index (χ0n) is 16.6. The molecule has 3 heteroatoms. The first-order chi connectivity index (χ1) is 13.6. The maximum atomic E-state index is 11.5. The molecule has 0 aliphatic rings. The van der Waals surface area contributed by atoms with E-state index in [0.717, 1.165) is 24.0 Å². The summed E-state index contributed by atoms with van der Waals surface area (Å²) in [7, 11) is 0. The van der Waals surface area contributed by atoms with E-state index in [4.69, 9.17) is 0 Å². The van der Waals surface area contributed by atoms with Crippen molar-refractivity contribution in [3.8, 4) is 11.1 Å². The zero-order valence-corrected chi connectivity index (χ0v) is 16.6. The van der Waals surface area contributed by atoms with Crippen molar-refractivity contribution in [2.45, 2.75) is 46.0 Å². The molecule has 0 unspecified atom stereocenters. The average molecular weight is 373 g/mol. The van der Waals surface area contributed by atoms with Crippen molar-refractivity contribution < 1.29 is 9.90 Å². The van der Waals surface area contributed by atoms with E-state index in [1.54, 1.807) is 12.1 Å². The van der Waals surface area contributed by atoms with Crippen molar-refractivity contribution in [3.63, 3.8) is 0 Å². The van der Waals surface area contributed by atoms with Gasteiger partial charge in [-0.2, -0.15) is 0 Å². The lowest BCUT2D eigenvalue weighted by Crippen LogP contribution is -2.02. The normalized spacial score (nSPS) is 10.8. The molecule has 1 N–H and O–H groups in total. The number of hydrogen-bond acceptors (Lipinski definition) is 2. The Morgan fingerprint density at radius 2 is 1.75 bits per heavy atom. The summed E-state index contributed by atoms with van der Waals surface area (Å²) in [6.45, 7) is 4.37. The minimum Gasteiger partial charge on any atom is -0.478 e. The number of aryl methyl sites for hydroxylation is 2. The minimum absolute atomic E-state index is 0.330. The molecule has 28 heavy (non-hydrogen) atoms. The number of benzene rings is 2. The second-order valence-electron chi connectivity index (χ2n) is 7.23. The largest absolute Gasteiger partial charge is 0.478 e. The zero-order chi connectivity index (χ0) is 19.9. The summed E-state index contributed by atoms with van der Waals surface area (Å²) in [5, 5.41) is 9.42. The van der Waals surface area contributed by atoms with Crippen LogP contribution in [-0.2, 0) is 12.8 Å². The first-order valence-corrected chi connectivity index (χ1v) is 9.95. The molecule has 3 nitrogen and oxygen atoms in total. The molecule has 2 aromatic carbocycles. The van der Waals surface area contributed by atoms with Crippen LogP contribution in [0.1, 0.15) is 58.9 Å². The summed E-state index contributed by atoms with van der Waals surface area (Å²) in [5.74, 6) is -0.901. The number of unbranched alkanes of at least 4 members (excludes halogenated alkanes) is 2. The molecule has 0 amide bonds. The number of aromatic nitrogens is 1. The minimum atomic E-state index is -0.901. The van der Waals surface area contributed by atoms with E-state index in [9.17, 15) is 9.90 Å². The second kappa shape index (κ2) is 9.32. The van der Waals surface area contributed by atoms with Crippen LogP contribution in [0.4, 0.5) is 0 Å². The highest BCUT2D eigenvalue weighted by atomic mass is 16.4. The molecule has 0 aliphatic carbocycles. The highest BCUT2D eigenvalue weighted by molar-refractivity contribution is 5.95. The Balaban J connectivity index is 1.83. The molecule has 3 aromatic rings. The fourth-order valence-corrected chi connectivity index (χ4v) is 3.57. The number of carboxylic acids is 1. The molecule has 0 saturated carbocycles. The highest BCUT2D eigenvalue weighted by Gasteiger charge is 2.12. The van der Waals surface area contributed by atoms with Crippen LogP contribution in [0.15, 0.2) is 60.8 Å². The summed E-state index contributed by atoms with van der Waals surface area (Å²) >= 11 is 0. The van der Waals surface area contributed by atoms with Crippen molar-refractivity contribution in [1.82, 2.24) is 4.98 Å². The molecule has 3 rings (SSSR count). The third-order valence-corrected chi connectivity index (χ3v) is 5.20. The van der Waals surface area contributed by atoms with E-state index < -0.39 is 5.97 Å². The Hall–Kier alpha value is -2.94. The maximum Gasteiger partial charge on any atom is 0.336 e. The molecule has 0 aliphatic heterocycles. The van der Waals surface area contributed by atoms with Gasteiger partial charge in [0.2, 0.25) is 0 Å². The number of rotatable bonds is 8. The topological polar surface area (TPSA) is 50.2 Å². The SMILES string of the molecule is CCCCCc1nccc(C)c1Cc1ccc(-c2ccccc2C(=O)O)cc1. The Labute approximate surface area is 167 Å². The van der Waals surface area contributed by atoms with Gasteiger partial charge in [-0.3, -0.25) is 4.98 Å². The fourth-order valence-electron chi connectivity index (χ4n) is 3.57. The first-order valence-electron chi connectivity index (χ1n) is 9.95. The molecule has 0 radical (unpaired) electrons. The van der Waals surface area contributed by atoms with E-state index in [-0.39, 0.29) is 0 Å². The molecule has 144 valence electrons. The van der Waals surface area contributed by atoms with Crippen LogP contribution in [0, 0.1) is 6.92 Å². The van der Waals surface area contributed by atoms with Crippen molar-refractivity contribution >= 4 is 5.97 Å². The molecule has 1 aromatic heterocycles. The van der Waals surface area contributed by atoms with Crippen LogP contribution in [0.3, 0.4) is 0 Å². The predicted molar refractivity (Wildman–Crippen MR) is 114 cm³/mol. The van der Waals surface area contributed by atoms with Crippen LogP contribution in [-0.4, -0.2) is 16.1 Å². The highest BCUT2D eigenvalue weighted by Crippen LogP contribution is 2.26. The molecule has 0 spiro atoms. The predicted octanol–water partition coefficient (Wildman–Crippen LogP) is 6.08. The van der Waals surface area contributed by atoms with Gasteiger partial charge in [0.1, 0.15) is 0 Å². The van der Waals surface area contributed by atoms with Crippen LogP contribution < -0.4 is 0 Å². The first kappa shape index (κ1) is 19.8. The molecule has 1 heterocycles. The van der Waals surface area contributed by atoms with Gasteiger partial charge in [0, 0.05) is 11.9 Å². The summed E-state index contributed by atoms with van der Waals surface area (Å²) in [6.07, 6.45) is 7.39. The van der Waals surface area contributed by atoms with Crippen LogP contribution >= 0.6 is 0 Å². The monoisotopic (exact) mass is 373 g/mol. The molecular weight excluding hydrogens is 346 g/mol. The van der Waals surface area contributed by atoms with E-state index in [1.165, 1.54) is 41.6 Å². The lowest BCUT2D eigenvalue weighted by atomic mass is 9.94. The van der Waals surface area contributed by atoms with Gasteiger partial charge in [0.15, 0.2) is 0 Å². The Morgan fingerprint density at radius 3 is 2.46 bits per heavy atom. The number of carboxylic acid groups (broad SMARTS) is 1. The molecular formula is C25H27NO2. The molecule has 0 fully saturated rings. The number of nitrogens with zero attached hydrogens (tertiary/aromatic N) is 1. The van der Waals surface area contributed by atoms with E-state index >= 15 is 0 Å². The fraction of sp³-hybridized carbons (Fsp3) is 0.280. The molecule has 0 saturated heterocycles. The Bertz CT molecular complexity index is 945. The van der Waals surface area contributed by atoms with Crippen molar-refractivity contribution in [2.24, 2.45) is 0 Å². The summed E-state index contributed by atoms with van der Waals surface area (Å²) in [5.41, 5.74) is 7.01. The van der Waals surface area contributed by atoms with Gasteiger partial charge in [0.05, 0.1) is 5.56 Å². The lowest BCUT2D eigenvalue weighted by molar-refractivity contribution is 0.0697. The molecule has 0 atom stereocenters.